The molecule has 15 heavy (non-hydrogen) atoms. The van der Waals surface area contributed by atoms with Gasteiger partial charge in [0.05, 0.1) is 19.6 Å². The normalized spacial score (nSPS) is 9.67. The Balaban J connectivity index is 3.28. The lowest BCUT2D eigenvalue weighted by atomic mass is 10.2. The van der Waals surface area contributed by atoms with Crippen molar-refractivity contribution in [2.45, 2.75) is 19.9 Å². The molecular weight excluding hydrogens is 196 g/mol. The summed E-state index contributed by atoms with van der Waals surface area (Å²) in [5.41, 5.74) is 0.165. The number of aromatic nitrogens is 1. The average molecular weight is 208 g/mol. The molecule has 0 bridgehead atoms. The molecule has 1 aromatic heterocycles. The smallest absolute Gasteiger partial charge is 0.295 e. The van der Waals surface area contributed by atoms with Crippen molar-refractivity contribution >= 4 is 0 Å². The SMILES string of the molecule is COc1c(C)cc(O)n(CCC#N)c1=O. The number of nitriles is 1. The standard InChI is InChI=1S/C10H12N2O3/c1-7-6-8(13)12(5-3-4-11)10(14)9(7)15-2/h6,13H,3,5H2,1-2H3. The van der Waals surface area contributed by atoms with Gasteiger partial charge in [0.15, 0.2) is 11.6 Å². The van der Waals surface area contributed by atoms with Crippen LogP contribution in [0.3, 0.4) is 0 Å². The highest BCUT2D eigenvalue weighted by Gasteiger charge is 2.11. The fraction of sp³-hybridized carbons (Fsp3) is 0.400. The molecule has 0 radical (unpaired) electrons. The molecular formula is C10H12N2O3. The first-order valence-electron chi connectivity index (χ1n) is 4.46. The van der Waals surface area contributed by atoms with Crippen LogP contribution in [0.1, 0.15) is 12.0 Å². The summed E-state index contributed by atoms with van der Waals surface area (Å²) in [5.74, 6) is 0.0549. The minimum atomic E-state index is -0.412. The van der Waals surface area contributed by atoms with E-state index in [2.05, 4.69) is 0 Å². The van der Waals surface area contributed by atoms with Crippen LogP contribution >= 0.6 is 0 Å². The molecule has 0 aliphatic heterocycles. The van der Waals surface area contributed by atoms with Crippen LogP contribution in [0.25, 0.3) is 0 Å². The Labute approximate surface area is 87.1 Å². The van der Waals surface area contributed by atoms with Gasteiger partial charge < -0.3 is 9.84 Å². The number of aromatic hydroxyl groups is 1. The molecule has 5 nitrogen and oxygen atoms in total. The Kier molecular flexibility index (Phi) is 3.34. The van der Waals surface area contributed by atoms with Crippen molar-refractivity contribution in [1.29, 1.82) is 5.26 Å². The molecule has 0 amide bonds. The van der Waals surface area contributed by atoms with Gasteiger partial charge in [0, 0.05) is 18.2 Å². The van der Waals surface area contributed by atoms with Crippen LogP contribution in [-0.2, 0) is 6.54 Å². The van der Waals surface area contributed by atoms with Crippen molar-refractivity contribution in [3.8, 4) is 17.7 Å². The van der Waals surface area contributed by atoms with E-state index >= 15 is 0 Å². The molecule has 0 saturated heterocycles. The highest BCUT2D eigenvalue weighted by Crippen LogP contribution is 2.17. The molecule has 1 rings (SSSR count). The number of rotatable bonds is 3. The highest BCUT2D eigenvalue weighted by molar-refractivity contribution is 5.34. The number of hydrogen-bond acceptors (Lipinski definition) is 4. The lowest BCUT2D eigenvalue weighted by Gasteiger charge is -2.10. The lowest BCUT2D eigenvalue weighted by molar-refractivity contribution is 0.374. The molecule has 0 aliphatic carbocycles. The van der Waals surface area contributed by atoms with Gasteiger partial charge in [-0.1, -0.05) is 0 Å². The second-order valence-electron chi connectivity index (χ2n) is 3.08. The maximum atomic E-state index is 11.7. The first-order valence-corrected chi connectivity index (χ1v) is 4.46. The zero-order valence-electron chi connectivity index (χ0n) is 8.65. The Morgan fingerprint density at radius 2 is 2.33 bits per heavy atom. The molecule has 0 atom stereocenters. The van der Waals surface area contributed by atoms with Crippen LogP contribution in [0, 0.1) is 18.3 Å². The summed E-state index contributed by atoms with van der Waals surface area (Å²) in [7, 11) is 1.40. The van der Waals surface area contributed by atoms with Crippen LogP contribution < -0.4 is 10.3 Å². The molecule has 1 heterocycles. The van der Waals surface area contributed by atoms with Crippen LogP contribution in [0.15, 0.2) is 10.9 Å². The van der Waals surface area contributed by atoms with Gasteiger partial charge in [0.1, 0.15) is 0 Å². The number of methoxy groups -OCH3 is 1. The van der Waals surface area contributed by atoms with E-state index in [0.717, 1.165) is 4.57 Å². The Hall–Kier alpha value is -1.96. The van der Waals surface area contributed by atoms with E-state index in [-0.39, 0.29) is 24.6 Å². The van der Waals surface area contributed by atoms with Gasteiger partial charge in [0.25, 0.3) is 5.56 Å². The topological polar surface area (TPSA) is 75.2 Å². The molecule has 0 fully saturated rings. The first kappa shape index (κ1) is 11.1. The molecule has 1 aromatic rings. The van der Waals surface area contributed by atoms with Crippen molar-refractivity contribution in [3.05, 3.63) is 22.0 Å². The average Bonchev–Trinajstić information content (AvgIpc) is 2.17. The summed E-state index contributed by atoms with van der Waals surface area (Å²) in [6.45, 7) is 1.84. The predicted octanol–water partition coefficient (Wildman–Crippen LogP) is 0.785. The number of pyridine rings is 1. The minimum absolute atomic E-state index is 0.145. The molecule has 1 N–H and O–H groups in total. The van der Waals surface area contributed by atoms with Crippen molar-refractivity contribution in [1.82, 2.24) is 4.57 Å². The number of ether oxygens (including phenoxy) is 1. The summed E-state index contributed by atoms with van der Waals surface area (Å²) in [6.07, 6.45) is 0.166. The van der Waals surface area contributed by atoms with Gasteiger partial charge in [0.2, 0.25) is 0 Å². The maximum Gasteiger partial charge on any atom is 0.295 e. The van der Waals surface area contributed by atoms with E-state index in [1.54, 1.807) is 6.92 Å². The second-order valence-corrected chi connectivity index (χ2v) is 3.08. The van der Waals surface area contributed by atoms with Gasteiger partial charge in [-0.2, -0.15) is 5.26 Å². The van der Waals surface area contributed by atoms with Gasteiger partial charge >= 0.3 is 0 Å². The van der Waals surface area contributed by atoms with Crippen LogP contribution in [0.2, 0.25) is 0 Å². The quantitative estimate of drug-likeness (QED) is 0.796. The predicted molar refractivity (Wildman–Crippen MR) is 53.9 cm³/mol. The van der Waals surface area contributed by atoms with E-state index < -0.39 is 5.56 Å². The van der Waals surface area contributed by atoms with Crippen molar-refractivity contribution in [2.24, 2.45) is 0 Å². The van der Waals surface area contributed by atoms with E-state index in [1.807, 2.05) is 6.07 Å². The summed E-state index contributed by atoms with van der Waals surface area (Å²) in [4.78, 5) is 11.7. The largest absolute Gasteiger partial charge is 0.494 e. The monoisotopic (exact) mass is 208 g/mol. The molecule has 0 saturated carbocycles. The van der Waals surface area contributed by atoms with E-state index in [9.17, 15) is 9.90 Å². The van der Waals surface area contributed by atoms with Crippen molar-refractivity contribution < 1.29 is 9.84 Å². The lowest BCUT2D eigenvalue weighted by Crippen LogP contribution is -2.22. The van der Waals surface area contributed by atoms with Crippen LogP contribution in [0.5, 0.6) is 11.6 Å². The maximum absolute atomic E-state index is 11.7. The third kappa shape index (κ3) is 2.10. The first-order chi connectivity index (χ1) is 7.11. The van der Waals surface area contributed by atoms with E-state index in [0.29, 0.717) is 5.56 Å². The summed E-state index contributed by atoms with van der Waals surface area (Å²) in [5, 5.41) is 17.9. The Morgan fingerprint density at radius 3 is 2.87 bits per heavy atom. The van der Waals surface area contributed by atoms with Crippen LogP contribution in [0.4, 0.5) is 0 Å². The van der Waals surface area contributed by atoms with Gasteiger partial charge in [-0.3, -0.25) is 9.36 Å². The van der Waals surface area contributed by atoms with Crippen LogP contribution in [-0.4, -0.2) is 16.8 Å². The number of hydrogen-bond donors (Lipinski definition) is 1. The van der Waals surface area contributed by atoms with E-state index in [4.69, 9.17) is 10.00 Å². The van der Waals surface area contributed by atoms with Gasteiger partial charge in [-0.05, 0) is 6.92 Å². The summed E-state index contributed by atoms with van der Waals surface area (Å²) < 4.78 is 6.04. The second kappa shape index (κ2) is 4.51. The molecule has 80 valence electrons. The molecule has 0 aromatic carbocycles. The molecule has 0 unspecified atom stereocenters. The fourth-order valence-electron chi connectivity index (χ4n) is 1.36. The van der Waals surface area contributed by atoms with Gasteiger partial charge in [-0.25, -0.2) is 0 Å². The summed E-state index contributed by atoms with van der Waals surface area (Å²) >= 11 is 0. The fourth-order valence-corrected chi connectivity index (χ4v) is 1.36. The number of aryl methyl sites for hydroxylation is 1. The third-order valence-corrected chi connectivity index (χ3v) is 2.07. The van der Waals surface area contributed by atoms with E-state index in [1.165, 1.54) is 13.2 Å². The zero-order chi connectivity index (χ0) is 11.4. The molecule has 5 heteroatoms. The molecule has 0 aliphatic rings. The Bertz CT molecular complexity index is 457. The van der Waals surface area contributed by atoms with Crippen molar-refractivity contribution in [2.75, 3.05) is 7.11 Å². The highest BCUT2D eigenvalue weighted by atomic mass is 16.5. The van der Waals surface area contributed by atoms with Gasteiger partial charge in [-0.15, -0.1) is 0 Å². The number of nitrogens with zero attached hydrogens (tertiary/aromatic N) is 2. The van der Waals surface area contributed by atoms with Crippen molar-refractivity contribution in [3.63, 3.8) is 0 Å². The summed E-state index contributed by atoms with van der Waals surface area (Å²) in [6, 6.07) is 3.35. The Morgan fingerprint density at radius 1 is 1.67 bits per heavy atom. The third-order valence-electron chi connectivity index (χ3n) is 2.07. The molecule has 0 spiro atoms. The minimum Gasteiger partial charge on any atom is -0.494 e. The zero-order valence-corrected chi connectivity index (χ0v) is 8.65.